The average molecular weight is 416 g/mol. The molecular weight excluding hydrogens is 391 g/mol. The van der Waals surface area contributed by atoms with E-state index < -0.39 is 0 Å². The highest BCUT2D eigenvalue weighted by Gasteiger charge is 2.11. The van der Waals surface area contributed by atoms with Crippen LogP contribution in [0, 0.1) is 0 Å². The molecular formula is C16H25IN4O. The lowest BCUT2D eigenvalue weighted by Crippen LogP contribution is -2.41. The fourth-order valence-corrected chi connectivity index (χ4v) is 2.38. The highest BCUT2D eigenvalue weighted by atomic mass is 127. The first-order chi connectivity index (χ1) is 10.3. The molecule has 22 heavy (non-hydrogen) atoms. The van der Waals surface area contributed by atoms with Crippen LogP contribution >= 0.6 is 24.0 Å². The number of rotatable bonds is 5. The number of nitrogens with two attached hydrogens (primary N) is 1. The van der Waals surface area contributed by atoms with Crippen molar-refractivity contribution in [1.29, 1.82) is 0 Å². The second kappa shape index (κ2) is 10.4. The Morgan fingerprint density at radius 2 is 1.86 bits per heavy atom. The van der Waals surface area contributed by atoms with Gasteiger partial charge in [0, 0.05) is 26.1 Å². The monoisotopic (exact) mass is 416 g/mol. The molecule has 1 aromatic rings. The zero-order valence-electron chi connectivity index (χ0n) is 12.8. The van der Waals surface area contributed by atoms with E-state index in [1.807, 2.05) is 30.3 Å². The molecule has 2 rings (SSSR count). The summed E-state index contributed by atoms with van der Waals surface area (Å²) in [7, 11) is 0. The van der Waals surface area contributed by atoms with E-state index in [1.165, 1.54) is 19.3 Å². The molecule has 1 saturated heterocycles. The number of piperidine rings is 1. The van der Waals surface area contributed by atoms with Crippen LogP contribution < -0.4 is 11.1 Å². The highest BCUT2D eigenvalue weighted by molar-refractivity contribution is 14.0. The van der Waals surface area contributed by atoms with Gasteiger partial charge in [0.05, 0.1) is 6.54 Å². The van der Waals surface area contributed by atoms with Gasteiger partial charge >= 0.3 is 0 Å². The summed E-state index contributed by atoms with van der Waals surface area (Å²) in [6, 6.07) is 9.87. The first-order valence-electron chi connectivity index (χ1n) is 7.61. The summed E-state index contributed by atoms with van der Waals surface area (Å²) >= 11 is 0. The molecule has 0 aliphatic carbocycles. The number of nitrogens with zero attached hydrogens (tertiary/aromatic N) is 2. The van der Waals surface area contributed by atoms with Crippen molar-refractivity contribution < 1.29 is 4.79 Å². The lowest BCUT2D eigenvalue weighted by molar-refractivity contribution is -0.121. The Labute approximate surface area is 149 Å². The zero-order chi connectivity index (χ0) is 14.9. The summed E-state index contributed by atoms with van der Waals surface area (Å²) < 4.78 is 0. The highest BCUT2D eigenvalue weighted by Crippen LogP contribution is 2.07. The van der Waals surface area contributed by atoms with Crippen molar-refractivity contribution in [3.05, 3.63) is 35.9 Å². The maximum atomic E-state index is 11.7. The number of carbonyl (C=O) groups is 1. The van der Waals surface area contributed by atoms with Crippen LogP contribution in [-0.2, 0) is 11.3 Å². The molecule has 0 radical (unpaired) electrons. The molecule has 1 amide bonds. The van der Waals surface area contributed by atoms with E-state index >= 15 is 0 Å². The summed E-state index contributed by atoms with van der Waals surface area (Å²) in [5, 5.41) is 2.89. The molecule has 122 valence electrons. The van der Waals surface area contributed by atoms with Gasteiger partial charge in [-0.1, -0.05) is 30.3 Å². The molecule has 1 aliphatic rings. The maximum absolute atomic E-state index is 11.7. The van der Waals surface area contributed by atoms with E-state index in [2.05, 4.69) is 15.2 Å². The minimum absolute atomic E-state index is 0. The number of hydrogen-bond donors (Lipinski definition) is 2. The van der Waals surface area contributed by atoms with Crippen LogP contribution in [0.3, 0.4) is 0 Å². The molecule has 1 aliphatic heterocycles. The molecule has 5 nitrogen and oxygen atoms in total. The number of likely N-dealkylation sites (tertiary alicyclic amines) is 1. The lowest BCUT2D eigenvalue weighted by atomic mass is 10.1. The molecule has 0 saturated carbocycles. The van der Waals surface area contributed by atoms with Gasteiger partial charge in [0.25, 0.3) is 0 Å². The number of halogens is 1. The Morgan fingerprint density at radius 3 is 2.55 bits per heavy atom. The molecule has 0 unspecified atom stereocenters. The Morgan fingerprint density at radius 1 is 1.18 bits per heavy atom. The molecule has 0 aromatic heterocycles. The number of benzene rings is 1. The van der Waals surface area contributed by atoms with Crippen LogP contribution in [0.1, 0.15) is 31.2 Å². The largest absolute Gasteiger partial charge is 0.370 e. The minimum Gasteiger partial charge on any atom is -0.370 e. The number of carbonyl (C=O) groups excluding carboxylic acids is 1. The van der Waals surface area contributed by atoms with Crippen LogP contribution in [0.15, 0.2) is 35.3 Å². The van der Waals surface area contributed by atoms with E-state index in [9.17, 15) is 4.79 Å². The van der Waals surface area contributed by atoms with E-state index in [-0.39, 0.29) is 29.9 Å². The Balaban J connectivity index is 0.00000242. The van der Waals surface area contributed by atoms with E-state index in [1.54, 1.807) is 0 Å². The standard InChI is InChI=1S/C16H24N4O.HI/c17-16(20-11-5-2-6-12-20)18-10-9-15(21)19-13-14-7-3-1-4-8-14;/h1,3-4,7-8H,2,5-6,9-13H2,(H2,17,18)(H,19,21);1H. The molecule has 0 atom stereocenters. The van der Waals surface area contributed by atoms with Gasteiger partial charge in [0.2, 0.25) is 5.91 Å². The number of guanidine groups is 1. The molecule has 1 heterocycles. The summed E-state index contributed by atoms with van der Waals surface area (Å²) in [5.41, 5.74) is 7.04. The fraction of sp³-hybridized carbons (Fsp3) is 0.500. The average Bonchev–Trinajstić information content (AvgIpc) is 2.54. The third-order valence-electron chi connectivity index (χ3n) is 3.63. The lowest BCUT2D eigenvalue weighted by Gasteiger charge is -2.27. The van der Waals surface area contributed by atoms with E-state index in [4.69, 9.17) is 5.73 Å². The predicted octanol–water partition coefficient (Wildman–Crippen LogP) is 2.11. The zero-order valence-corrected chi connectivity index (χ0v) is 15.2. The quantitative estimate of drug-likeness (QED) is 0.439. The molecule has 0 bridgehead atoms. The van der Waals surface area contributed by atoms with Crippen molar-refractivity contribution in [3.63, 3.8) is 0 Å². The second-order valence-corrected chi connectivity index (χ2v) is 5.30. The number of amides is 1. The first-order valence-corrected chi connectivity index (χ1v) is 7.61. The van der Waals surface area contributed by atoms with Gasteiger partial charge in [0.1, 0.15) is 0 Å². The summed E-state index contributed by atoms with van der Waals surface area (Å²) in [4.78, 5) is 18.1. The van der Waals surface area contributed by atoms with Gasteiger partial charge in [-0.2, -0.15) is 0 Å². The van der Waals surface area contributed by atoms with Crippen molar-refractivity contribution in [2.45, 2.75) is 32.2 Å². The van der Waals surface area contributed by atoms with Crippen molar-refractivity contribution in [2.75, 3.05) is 19.6 Å². The maximum Gasteiger partial charge on any atom is 0.222 e. The summed E-state index contributed by atoms with van der Waals surface area (Å²) in [5.74, 6) is 0.583. The third-order valence-corrected chi connectivity index (χ3v) is 3.63. The van der Waals surface area contributed by atoms with Gasteiger partial charge in [-0.05, 0) is 24.8 Å². The third kappa shape index (κ3) is 6.64. The number of hydrogen-bond acceptors (Lipinski definition) is 2. The molecule has 1 aromatic carbocycles. The van der Waals surface area contributed by atoms with Crippen LogP contribution in [0.5, 0.6) is 0 Å². The Kier molecular flexibility index (Phi) is 8.88. The minimum atomic E-state index is 0. The molecule has 1 fully saturated rings. The Hall–Kier alpha value is -1.31. The normalized spacial score (nSPS) is 15.1. The van der Waals surface area contributed by atoms with E-state index in [0.29, 0.717) is 25.5 Å². The second-order valence-electron chi connectivity index (χ2n) is 5.30. The SMILES string of the molecule is I.NC(=NCCC(=O)NCc1ccccc1)N1CCCCC1. The van der Waals surface area contributed by atoms with Crippen molar-refractivity contribution in [2.24, 2.45) is 10.7 Å². The topological polar surface area (TPSA) is 70.7 Å². The smallest absolute Gasteiger partial charge is 0.222 e. The van der Waals surface area contributed by atoms with Crippen molar-refractivity contribution in [3.8, 4) is 0 Å². The molecule has 3 N–H and O–H groups in total. The number of nitrogens with one attached hydrogen (secondary N) is 1. The van der Waals surface area contributed by atoms with Crippen molar-refractivity contribution >= 4 is 35.8 Å². The van der Waals surface area contributed by atoms with Gasteiger partial charge in [0.15, 0.2) is 5.96 Å². The van der Waals surface area contributed by atoms with Gasteiger partial charge < -0.3 is 16.0 Å². The van der Waals surface area contributed by atoms with Crippen LogP contribution in [0.2, 0.25) is 0 Å². The van der Waals surface area contributed by atoms with Gasteiger partial charge in [-0.25, -0.2) is 0 Å². The Bertz CT molecular complexity index is 472. The van der Waals surface area contributed by atoms with Crippen LogP contribution in [0.25, 0.3) is 0 Å². The molecule has 6 heteroatoms. The van der Waals surface area contributed by atoms with Gasteiger partial charge in [-0.3, -0.25) is 9.79 Å². The van der Waals surface area contributed by atoms with Crippen molar-refractivity contribution in [1.82, 2.24) is 10.2 Å². The predicted molar refractivity (Wildman–Crippen MR) is 100 cm³/mol. The van der Waals surface area contributed by atoms with E-state index in [0.717, 1.165) is 18.7 Å². The van der Waals surface area contributed by atoms with Gasteiger partial charge in [-0.15, -0.1) is 24.0 Å². The molecule has 0 spiro atoms. The fourth-order valence-electron chi connectivity index (χ4n) is 2.38. The van der Waals surface area contributed by atoms with Crippen LogP contribution in [-0.4, -0.2) is 36.4 Å². The first kappa shape index (κ1) is 18.7. The summed E-state index contributed by atoms with van der Waals surface area (Å²) in [6.07, 6.45) is 3.99. The summed E-state index contributed by atoms with van der Waals surface area (Å²) in [6.45, 7) is 2.97. The van der Waals surface area contributed by atoms with Crippen LogP contribution in [0.4, 0.5) is 0 Å². The number of aliphatic imine (C=N–C) groups is 1.